The SMILES string of the molecule is Cc1nsc(N2CCCC(N(C)C(=O)c3cnn(C)c3)C2)n1. The number of hydrogen-bond donors (Lipinski definition) is 0. The van der Waals surface area contributed by atoms with Crippen molar-refractivity contribution in [3.63, 3.8) is 0 Å². The van der Waals surface area contributed by atoms with Crippen LogP contribution in [0.4, 0.5) is 5.13 Å². The van der Waals surface area contributed by atoms with E-state index in [1.807, 2.05) is 25.9 Å². The van der Waals surface area contributed by atoms with Gasteiger partial charge in [0.15, 0.2) is 0 Å². The average molecular weight is 320 g/mol. The Bertz CT molecular complexity index is 666. The molecule has 2 aromatic heterocycles. The molecule has 0 aromatic carbocycles. The molecule has 1 fully saturated rings. The first-order chi connectivity index (χ1) is 10.5. The Balaban J connectivity index is 1.70. The van der Waals surface area contributed by atoms with Crippen LogP contribution in [0.2, 0.25) is 0 Å². The van der Waals surface area contributed by atoms with Gasteiger partial charge in [0, 0.05) is 51.0 Å². The van der Waals surface area contributed by atoms with Crippen LogP contribution in [0.15, 0.2) is 12.4 Å². The number of likely N-dealkylation sites (N-methyl/N-ethyl adjacent to an activating group) is 1. The molecule has 7 nitrogen and oxygen atoms in total. The molecule has 22 heavy (non-hydrogen) atoms. The van der Waals surface area contributed by atoms with Gasteiger partial charge in [-0.2, -0.15) is 9.47 Å². The van der Waals surface area contributed by atoms with Crippen LogP contribution < -0.4 is 4.90 Å². The second-order valence-electron chi connectivity index (χ2n) is 5.68. The van der Waals surface area contributed by atoms with E-state index in [0.717, 1.165) is 36.9 Å². The van der Waals surface area contributed by atoms with E-state index in [0.29, 0.717) is 5.56 Å². The fourth-order valence-electron chi connectivity index (χ4n) is 2.76. The van der Waals surface area contributed by atoms with Crippen molar-refractivity contribution in [2.45, 2.75) is 25.8 Å². The molecule has 0 bridgehead atoms. The third-order valence-corrected chi connectivity index (χ3v) is 4.87. The van der Waals surface area contributed by atoms with Crippen molar-refractivity contribution >= 4 is 22.6 Å². The number of anilines is 1. The Hall–Kier alpha value is -1.96. The predicted molar refractivity (Wildman–Crippen MR) is 85.2 cm³/mol. The standard InChI is InChI=1S/C14H20N6OS/c1-10-16-14(22-17-10)20-6-4-5-12(9-20)19(3)13(21)11-7-15-18(2)8-11/h7-8,12H,4-6,9H2,1-3H3. The molecule has 1 aliphatic heterocycles. The lowest BCUT2D eigenvalue weighted by Crippen LogP contribution is -2.48. The highest BCUT2D eigenvalue weighted by Crippen LogP contribution is 2.24. The molecule has 0 saturated carbocycles. The van der Waals surface area contributed by atoms with E-state index < -0.39 is 0 Å². The van der Waals surface area contributed by atoms with Crippen LogP contribution in [0.25, 0.3) is 0 Å². The van der Waals surface area contributed by atoms with Crippen molar-refractivity contribution < 1.29 is 4.79 Å². The van der Waals surface area contributed by atoms with Crippen molar-refractivity contribution in [3.8, 4) is 0 Å². The Kier molecular flexibility index (Phi) is 4.10. The third-order valence-electron chi connectivity index (χ3n) is 4.00. The first-order valence-electron chi connectivity index (χ1n) is 7.35. The van der Waals surface area contributed by atoms with Crippen LogP contribution in [0.5, 0.6) is 0 Å². The summed E-state index contributed by atoms with van der Waals surface area (Å²) < 4.78 is 5.90. The zero-order valence-electron chi connectivity index (χ0n) is 13.1. The quantitative estimate of drug-likeness (QED) is 0.853. The third kappa shape index (κ3) is 2.96. The topological polar surface area (TPSA) is 67.2 Å². The van der Waals surface area contributed by atoms with Crippen LogP contribution in [0.1, 0.15) is 29.0 Å². The van der Waals surface area contributed by atoms with E-state index in [-0.39, 0.29) is 11.9 Å². The molecule has 1 saturated heterocycles. The highest BCUT2D eigenvalue weighted by molar-refractivity contribution is 7.09. The van der Waals surface area contributed by atoms with E-state index in [2.05, 4.69) is 19.4 Å². The summed E-state index contributed by atoms with van der Waals surface area (Å²) in [5, 5.41) is 5.02. The highest BCUT2D eigenvalue weighted by atomic mass is 32.1. The molecular weight excluding hydrogens is 300 g/mol. The van der Waals surface area contributed by atoms with Gasteiger partial charge >= 0.3 is 0 Å². The summed E-state index contributed by atoms with van der Waals surface area (Å²) >= 11 is 1.43. The first-order valence-corrected chi connectivity index (χ1v) is 8.13. The van der Waals surface area contributed by atoms with Crippen molar-refractivity contribution in [1.82, 2.24) is 24.0 Å². The molecule has 8 heteroatoms. The van der Waals surface area contributed by atoms with Crippen molar-refractivity contribution in [1.29, 1.82) is 0 Å². The number of aromatic nitrogens is 4. The van der Waals surface area contributed by atoms with Crippen molar-refractivity contribution in [3.05, 3.63) is 23.8 Å². The van der Waals surface area contributed by atoms with Crippen LogP contribution in [-0.4, -0.2) is 56.1 Å². The molecule has 0 radical (unpaired) electrons. The van der Waals surface area contributed by atoms with Crippen LogP contribution in [-0.2, 0) is 7.05 Å². The molecule has 0 spiro atoms. The summed E-state index contributed by atoms with van der Waals surface area (Å²) in [5.74, 6) is 0.829. The molecule has 3 rings (SSSR count). The Morgan fingerprint density at radius 2 is 2.32 bits per heavy atom. The minimum absolute atomic E-state index is 0.0217. The summed E-state index contributed by atoms with van der Waals surface area (Å²) in [6.45, 7) is 3.68. The van der Waals surface area contributed by atoms with E-state index in [9.17, 15) is 4.79 Å². The van der Waals surface area contributed by atoms with Gasteiger partial charge in [-0.25, -0.2) is 4.98 Å². The Morgan fingerprint density at radius 3 is 2.95 bits per heavy atom. The lowest BCUT2D eigenvalue weighted by molar-refractivity contribution is 0.0717. The zero-order valence-corrected chi connectivity index (χ0v) is 13.9. The maximum atomic E-state index is 12.5. The summed E-state index contributed by atoms with van der Waals surface area (Å²) in [6, 6.07) is 0.186. The fraction of sp³-hybridized carbons (Fsp3) is 0.571. The van der Waals surface area contributed by atoms with Crippen LogP contribution in [0.3, 0.4) is 0 Å². The smallest absolute Gasteiger partial charge is 0.257 e. The summed E-state index contributed by atoms with van der Waals surface area (Å²) in [6.07, 6.45) is 5.44. The Labute approximate surface area is 133 Å². The summed E-state index contributed by atoms with van der Waals surface area (Å²) in [4.78, 5) is 21.0. The lowest BCUT2D eigenvalue weighted by Gasteiger charge is -2.37. The molecule has 118 valence electrons. The van der Waals surface area contributed by atoms with Gasteiger partial charge in [0.25, 0.3) is 5.91 Å². The van der Waals surface area contributed by atoms with E-state index >= 15 is 0 Å². The number of carbonyl (C=O) groups excluding carboxylic acids is 1. The minimum Gasteiger partial charge on any atom is -0.345 e. The van der Waals surface area contributed by atoms with Gasteiger partial charge in [-0.15, -0.1) is 0 Å². The zero-order chi connectivity index (χ0) is 15.7. The van der Waals surface area contributed by atoms with E-state index in [1.54, 1.807) is 17.1 Å². The molecular formula is C14H20N6OS. The first kappa shape index (κ1) is 15.0. The average Bonchev–Trinajstić information content (AvgIpc) is 3.14. The fourth-order valence-corrected chi connectivity index (χ4v) is 3.47. The van der Waals surface area contributed by atoms with Gasteiger partial charge in [0.2, 0.25) is 5.13 Å². The van der Waals surface area contributed by atoms with Gasteiger partial charge in [-0.1, -0.05) is 0 Å². The van der Waals surface area contributed by atoms with E-state index in [4.69, 9.17) is 0 Å². The number of amides is 1. The number of nitrogens with zero attached hydrogens (tertiary/aromatic N) is 6. The predicted octanol–water partition coefficient (Wildman–Crippen LogP) is 1.32. The monoisotopic (exact) mass is 320 g/mol. The minimum atomic E-state index is 0.0217. The normalized spacial score (nSPS) is 18.5. The van der Waals surface area contributed by atoms with Gasteiger partial charge in [0.05, 0.1) is 11.8 Å². The molecule has 1 aliphatic rings. The van der Waals surface area contributed by atoms with Gasteiger partial charge < -0.3 is 9.80 Å². The summed E-state index contributed by atoms with van der Waals surface area (Å²) in [7, 11) is 3.69. The van der Waals surface area contributed by atoms with Crippen molar-refractivity contribution in [2.24, 2.45) is 7.05 Å². The number of carbonyl (C=O) groups is 1. The molecule has 1 unspecified atom stereocenters. The molecule has 0 aliphatic carbocycles. The Morgan fingerprint density at radius 1 is 1.50 bits per heavy atom. The van der Waals surface area contributed by atoms with Crippen LogP contribution in [0, 0.1) is 6.92 Å². The van der Waals surface area contributed by atoms with Gasteiger partial charge in [-0.3, -0.25) is 9.48 Å². The summed E-state index contributed by atoms with van der Waals surface area (Å²) in [5.41, 5.74) is 0.633. The number of aryl methyl sites for hydroxylation is 2. The number of rotatable bonds is 3. The van der Waals surface area contributed by atoms with Gasteiger partial charge in [-0.05, 0) is 19.8 Å². The molecule has 3 heterocycles. The molecule has 1 atom stereocenters. The lowest BCUT2D eigenvalue weighted by atomic mass is 10.0. The highest BCUT2D eigenvalue weighted by Gasteiger charge is 2.28. The van der Waals surface area contributed by atoms with Crippen LogP contribution >= 0.6 is 11.5 Å². The van der Waals surface area contributed by atoms with Crippen molar-refractivity contribution in [2.75, 3.05) is 25.0 Å². The largest absolute Gasteiger partial charge is 0.345 e. The van der Waals surface area contributed by atoms with E-state index in [1.165, 1.54) is 11.5 Å². The second kappa shape index (κ2) is 6.04. The number of piperidine rings is 1. The molecule has 0 N–H and O–H groups in total. The number of hydrogen-bond acceptors (Lipinski definition) is 6. The van der Waals surface area contributed by atoms with Gasteiger partial charge in [0.1, 0.15) is 5.82 Å². The molecule has 1 amide bonds. The maximum absolute atomic E-state index is 12.5. The maximum Gasteiger partial charge on any atom is 0.257 e. The molecule has 2 aromatic rings. The second-order valence-corrected chi connectivity index (χ2v) is 6.42.